The zero-order valence-corrected chi connectivity index (χ0v) is 22.4. The van der Waals surface area contributed by atoms with Gasteiger partial charge in [0.25, 0.3) is 0 Å². The number of imidazole rings is 1. The number of nitrogens with zero attached hydrogens (tertiary/aromatic N) is 3. The molecule has 0 saturated carbocycles. The largest absolute Gasteiger partial charge is 0.478 e. The molecule has 7 nitrogen and oxygen atoms in total. The molecule has 5 aromatic rings. The number of carboxylic acid groups (broad SMARTS) is 1. The Balaban J connectivity index is 1.37. The van der Waals surface area contributed by atoms with Crippen LogP contribution < -0.4 is 4.74 Å². The number of ether oxygens (including phenoxy) is 2. The fourth-order valence-corrected chi connectivity index (χ4v) is 4.52. The van der Waals surface area contributed by atoms with Gasteiger partial charge in [0, 0.05) is 30.2 Å². The number of alkyl halides is 2. The smallest absolute Gasteiger partial charge is 0.345 e. The monoisotopic (exact) mass is 579 g/mol. The van der Waals surface area contributed by atoms with Crippen LogP contribution in [0.15, 0.2) is 72.8 Å². The number of carboxylic acids is 1. The minimum Gasteiger partial charge on any atom is -0.478 e. The maximum atomic E-state index is 15.3. The van der Waals surface area contributed by atoms with Crippen molar-refractivity contribution in [3.63, 3.8) is 0 Å². The van der Waals surface area contributed by atoms with Gasteiger partial charge in [-0.2, -0.15) is 8.78 Å². The molecule has 0 saturated heterocycles. The van der Waals surface area contributed by atoms with Crippen LogP contribution in [0.1, 0.15) is 32.9 Å². The van der Waals surface area contributed by atoms with Crippen molar-refractivity contribution in [2.24, 2.45) is 0 Å². The van der Waals surface area contributed by atoms with E-state index in [1.54, 1.807) is 54.0 Å². The number of rotatable bonds is 11. The summed E-state index contributed by atoms with van der Waals surface area (Å²) >= 11 is 0. The van der Waals surface area contributed by atoms with Crippen LogP contribution in [0, 0.1) is 18.6 Å². The van der Waals surface area contributed by atoms with Gasteiger partial charge in [-0.1, -0.05) is 30.3 Å². The Morgan fingerprint density at radius 2 is 1.74 bits per heavy atom. The molecule has 5 rings (SSSR count). The summed E-state index contributed by atoms with van der Waals surface area (Å²) in [4.78, 5) is 20.4. The lowest BCUT2D eigenvalue weighted by molar-refractivity contribution is -0.130. The van der Waals surface area contributed by atoms with Crippen LogP contribution in [0.25, 0.3) is 22.3 Å². The molecule has 2 heterocycles. The third-order valence-corrected chi connectivity index (χ3v) is 6.64. The molecule has 0 unspecified atom stereocenters. The highest BCUT2D eigenvalue weighted by Crippen LogP contribution is 2.26. The molecule has 0 amide bonds. The predicted molar refractivity (Wildman–Crippen MR) is 147 cm³/mol. The second-order valence-electron chi connectivity index (χ2n) is 9.55. The Bertz CT molecular complexity index is 1760. The van der Waals surface area contributed by atoms with E-state index in [0.29, 0.717) is 33.7 Å². The average Bonchev–Trinajstić information content (AvgIpc) is 3.29. The van der Waals surface area contributed by atoms with Crippen LogP contribution in [-0.4, -0.2) is 38.8 Å². The number of halogens is 4. The number of aromatic carboxylic acids is 1. The van der Waals surface area contributed by atoms with E-state index in [1.165, 1.54) is 30.3 Å². The highest BCUT2D eigenvalue weighted by molar-refractivity contribution is 5.92. The first-order chi connectivity index (χ1) is 20.2. The number of hydrogen-bond acceptors (Lipinski definition) is 5. The van der Waals surface area contributed by atoms with Crippen molar-refractivity contribution in [1.82, 2.24) is 14.5 Å². The van der Waals surface area contributed by atoms with Gasteiger partial charge in [-0.15, -0.1) is 0 Å². The van der Waals surface area contributed by atoms with Crippen molar-refractivity contribution in [1.29, 1.82) is 0 Å². The minimum absolute atomic E-state index is 0.00298. The number of aryl methyl sites for hydroxylation is 1. The zero-order valence-electron chi connectivity index (χ0n) is 22.4. The molecule has 11 heteroatoms. The summed E-state index contributed by atoms with van der Waals surface area (Å²) in [6.07, 6.45) is 0.0105. The lowest BCUT2D eigenvalue weighted by atomic mass is 10.1. The Morgan fingerprint density at radius 1 is 0.952 bits per heavy atom. The molecule has 3 aromatic carbocycles. The first-order valence-electron chi connectivity index (χ1n) is 12.9. The first-order valence-corrected chi connectivity index (χ1v) is 12.9. The van der Waals surface area contributed by atoms with Gasteiger partial charge in [0.1, 0.15) is 24.1 Å². The lowest BCUT2D eigenvalue weighted by Crippen LogP contribution is -2.12. The standard InChI is InChI=1S/C31H25F4N3O4/c1-18-5-6-22(23(32)13-18)17-42-29-4-2-3-25(37-29)20-8-7-19(24(33)14-20)16-28-36-26-10-9-21(30(39)40)15-27(26)38(28)11-12-41-31(34)35/h2-10,13-15,31H,11-12,16-17H2,1H3,(H,39,40). The molecular formula is C31H25F4N3O4. The van der Waals surface area contributed by atoms with Gasteiger partial charge in [0.05, 0.1) is 28.9 Å². The maximum absolute atomic E-state index is 15.3. The zero-order chi connectivity index (χ0) is 29.8. The molecule has 1 N–H and O–H groups in total. The highest BCUT2D eigenvalue weighted by Gasteiger charge is 2.17. The number of pyridine rings is 1. The topological polar surface area (TPSA) is 86.5 Å². The molecule has 2 aromatic heterocycles. The van der Waals surface area contributed by atoms with Crippen molar-refractivity contribution in [2.45, 2.75) is 33.1 Å². The molecule has 0 bridgehead atoms. The summed E-state index contributed by atoms with van der Waals surface area (Å²) in [6, 6.07) is 18.7. The fourth-order valence-electron chi connectivity index (χ4n) is 4.52. The molecule has 0 spiro atoms. The van der Waals surface area contributed by atoms with Gasteiger partial charge in [-0.25, -0.2) is 23.5 Å². The van der Waals surface area contributed by atoms with Gasteiger partial charge in [-0.05, 0) is 54.4 Å². The van der Waals surface area contributed by atoms with Crippen molar-refractivity contribution in [2.75, 3.05) is 6.61 Å². The second-order valence-corrected chi connectivity index (χ2v) is 9.55. The van der Waals surface area contributed by atoms with E-state index in [4.69, 9.17) is 4.74 Å². The average molecular weight is 580 g/mol. The van der Waals surface area contributed by atoms with Crippen LogP contribution in [0.5, 0.6) is 5.88 Å². The third-order valence-electron chi connectivity index (χ3n) is 6.64. The van der Waals surface area contributed by atoms with Crippen LogP contribution in [0.4, 0.5) is 17.6 Å². The van der Waals surface area contributed by atoms with Gasteiger partial charge >= 0.3 is 12.6 Å². The Morgan fingerprint density at radius 3 is 2.48 bits per heavy atom. The quantitative estimate of drug-likeness (QED) is 0.173. The Kier molecular flexibility index (Phi) is 8.48. The van der Waals surface area contributed by atoms with E-state index in [2.05, 4.69) is 14.7 Å². The SMILES string of the molecule is Cc1ccc(COc2cccc(-c3ccc(Cc4nc5ccc(C(=O)O)cc5n4CCOC(F)F)c(F)c3)n2)c(F)c1. The number of fused-ring (bicyclic) bond motifs is 1. The summed E-state index contributed by atoms with van der Waals surface area (Å²) in [5.41, 5.74) is 3.24. The molecule has 0 fully saturated rings. The van der Waals surface area contributed by atoms with E-state index in [0.717, 1.165) is 5.56 Å². The molecule has 0 aliphatic carbocycles. The molecular weight excluding hydrogens is 554 g/mol. The van der Waals surface area contributed by atoms with Crippen molar-refractivity contribution >= 4 is 17.0 Å². The lowest BCUT2D eigenvalue weighted by Gasteiger charge is -2.11. The minimum atomic E-state index is -2.97. The molecule has 0 aliphatic heterocycles. The van der Waals surface area contributed by atoms with Crippen LogP contribution in [-0.2, 0) is 24.3 Å². The molecule has 0 radical (unpaired) electrons. The third kappa shape index (κ3) is 6.58. The van der Waals surface area contributed by atoms with Crippen LogP contribution in [0.3, 0.4) is 0 Å². The van der Waals surface area contributed by atoms with Gasteiger partial charge < -0.3 is 19.1 Å². The number of hydrogen-bond donors (Lipinski definition) is 1. The summed E-state index contributed by atoms with van der Waals surface area (Å²) < 4.78 is 66.3. The molecule has 0 aliphatic rings. The van der Waals surface area contributed by atoms with E-state index >= 15 is 4.39 Å². The fraction of sp³-hybridized carbons (Fsp3) is 0.194. The van der Waals surface area contributed by atoms with E-state index in [1.807, 2.05) is 0 Å². The summed E-state index contributed by atoms with van der Waals surface area (Å²) in [6.45, 7) is -1.59. The van der Waals surface area contributed by atoms with Crippen LogP contribution >= 0.6 is 0 Å². The predicted octanol–water partition coefficient (Wildman–Crippen LogP) is 6.79. The van der Waals surface area contributed by atoms with Gasteiger partial charge in [0.15, 0.2) is 0 Å². The van der Waals surface area contributed by atoms with Gasteiger partial charge in [-0.3, -0.25) is 0 Å². The Labute approximate surface area is 238 Å². The van der Waals surface area contributed by atoms with Crippen molar-refractivity contribution in [3.8, 4) is 17.1 Å². The van der Waals surface area contributed by atoms with E-state index < -0.39 is 18.4 Å². The Hall–Kier alpha value is -4.77. The van der Waals surface area contributed by atoms with Crippen LogP contribution in [0.2, 0.25) is 0 Å². The van der Waals surface area contributed by atoms with E-state index in [-0.39, 0.29) is 49.0 Å². The number of benzene rings is 3. The van der Waals surface area contributed by atoms with Crippen molar-refractivity contribution < 1.29 is 36.9 Å². The van der Waals surface area contributed by atoms with Crippen molar-refractivity contribution in [3.05, 3.63) is 113 Å². The second kappa shape index (κ2) is 12.4. The summed E-state index contributed by atoms with van der Waals surface area (Å²) in [5.74, 6) is -1.47. The summed E-state index contributed by atoms with van der Waals surface area (Å²) in [5, 5.41) is 9.37. The molecule has 0 atom stereocenters. The van der Waals surface area contributed by atoms with Gasteiger partial charge in [0.2, 0.25) is 5.88 Å². The number of carbonyl (C=O) groups is 1. The normalized spacial score (nSPS) is 11.4. The highest BCUT2D eigenvalue weighted by atomic mass is 19.3. The maximum Gasteiger partial charge on any atom is 0.345 e. The molecule has 42 heavy (non-hydrogen) atoms. The molecule has 216 valence electrons. The first kappa shape index (κ1) is 28.7. The van der Waals surface area contributed by atoms with E-state index in [9.17, 15) is 23.1 Å². The summed E-state index contributed by atoms with van der Waals surface area (Å²) in [7, 11) is 0. The number of aromatic nitrogens is 3.